The summed E-state index contributed by atoms with van der Waals surface area (Å²) in [4.78, 5) is 37.0. The van der Waals surface area contributed by atoms with E-state index in [9.17, 15) is 39.6 Å². The smallest absolute Gasteiger partial charge is 0.550 e. The van der Waals surface area contributed by atoms with Crippen LogP contribution in [0.4, 0.5) is 0 Å². The summed E-state index contributed by atoms with van der Waals surface area (Å²) in [5.74, 6) is -3.98. The van der Waals surface area contributed by atoms with Crippen molar-refractivity contribution in [3.63, 3.8) is 0 Å². The third-order valence-electron chi connectivity index (χ3n) is 1.15. The molecule has 0 heterocycles. The van der Waals surface area contributed by atoms with E-state index >= 15 is 0 Å². The summed E-state index contributed by atoms with van der Waals surface area (Å²) < 4.78 is 0. The number of aliphatic carboxylic acids is 4. The number of rotatable bonds is 4. The molecule has 24 heavy (non-hydrogen) atoms. The van der Waals surface area contributed by atoms with Crippen molar-refractivity contribution in [2.75, 3.05) is 6.61 Å². The molecule has 0 aliphatic carbocycles. The van der Waals surface area contributed by atoms with Gasteiger partial charge < -0.3 is 44.7 Å². The standard InChI is InChI=1S/4C3H6O2.C2H6O.Zr/c4*1-2-3(4)5;1-2-3;/h4*2H2,1H3,(H,4,5);3H,2H2,1H3;/q;;;;;+4/p-4. The van der Waals surface area contributed by atoms with Crippen LogP contribution in [-0.2, 0) is 45.4 Å². The zero-order chi connectivity index (χ0) is 19.8. The van der Waals surface area contributed by atoms with E-state index in [2.05, 4.69) is 0 Å². The largest absolute Gasteiger partial charge is 4.00 e. The van der Waals surface area contributed by atoms with Crippen molar-refractivity contribution in [2.24, 2.45) is 0 Å². The average molecular weight is 430 g/mol. The summed E-state index contributed by atoms with van der Waals surface area (Å²) in [5.41, 5.74) is 0. The number of hydrogen-bond donors (Lipinski definition) is 1. The molecule has 1 N–H and O–H groups in total. The maximum absolute atomic E-state index is 9.26. The van der Waals surface area contributed by atoms with Crippen LogP contribution >= 0.6 is 0 Å². The number of carbonyl (C=O) groups excluding carboxylic acids is 4. The molecule has 0 amide bonds. The van der Waals surface area contributed by atoms with Gasteiger partial charge in [-0.05, 0) is 32.6 Å². The van der Waals surface area contributed by atoms with E-state index in [1.807, 2.05) is 0 Å². The second-order valence-corrected chi connectivity index (χ2v) is 3.22. The van der Waals surface area contributed by atoms with Gasteiger partial charge >= 0.3 is 26.2 Å². The zero-order valence-electron chi connectivity index (χ0n) is 14.7. The molecule has 0 aliphatic heterocycles. The topological polar surface area (TPSA) is 181 Å². The molecule has 10 heteroatoms. The first-order chi connectivity index (χ1) is 10.5. The van der Waals surface area contributed by atoms with Crippen molar-refractivity contribution in [2.45, 2.75) is 60.3 Å². The Morgan fingerprint density at radius 1 is 0.583 bits per heavy atom. The van der Waals surface area contributed by atoms with E-state index in [1.165, 1.54) is 27.7 Å². The molecule has 0 aliphatic rings. The van der Waals surface area contributed by atoms with Gasteiger partial charge in [-0.25, -0.2) is 0 Å². The average Bonchev–Trinajstić information content (AvgIpc) is 2.49. The predicted molar refractivity (Wildman–Crippen MR) is 74.0 cm³/mol. The van der Waals surface area contributed by atoms with Gasteiger partial charge in [-0.1, -0.05) is 27.7 Å². The van der Waals surface area contributed by atoms with Crippen molar-refractivity contribution in [1.82, 2.24) is 0 Å². The first-order valence-electron chi connectivity index (χ1n) is 6.90. The molecule has 0 aromatic heterocycles. The van der Waals surface area contributed by atoms with Crippen LogP contribution in [0, 0.1) is 0 Å². The van der Waals surface area contributed by atoms with Crippen LogP contribution in [0.3, 0.4) is 0 Å². The van der Waals surface area contributed by atoms with Crippen molar-refractivity contribution in [3.05, 3.63) is 0 Å². The van der Waals surface area contributed by atoms with Gasteiger partial charge in [-0.2, -0.15) is 0 Å². The molecule has 0 unspecified atom stereocenters. The molecule has 0 bridgehead atoms. The van der Waals surface area contributed by atoms with Crippen molar-refractivity contribution in [1.29, 1.82) is 0 Å². The van der Waals surface area contributed by atoms with Gasteiger partial charge in [-0.15, -0.1) is 0 Å². The van der Waals surface area contributed by atoms with E-state index in [4.69, 9.17) is 5.11 Å². The Bertz CT molecular complexity index is 238. The van der Waals surface area contributed by atoms with Crippen LogP contribution in [0.2, 0.25) is 0 Å². The maximum Gasteiger partial charge on any atom is 4.00 e. The molecule has 0 radical (unpaired) electrons. The van der Waals surface area contributed by atoms with Crippen LogP contribution in [0.15, 0.2) is 0 Å². The second-order valence-electron chi connectivity index (χ2n) is 3.22. The van der Waals surface area contributed by atoms with Crippen molar-refractivity contribution >= 4 is 23.9 Å². The van der Waals surface area contributed by atoms with Gasteiger partial charge in [-0.3, -0.25) is 0 Å². The first kappa shape index (κ1) is 38.3. The summed E-state index contributed by atoms with van der Waals surface area (Å²) in [5, 5.41) is 44.6. The van der Waals surface area contributed by atoms with Crippen molar-refractivity contribution in [3.8, 4) is 0 Å². The molecule has 0 spiro atoms. The van der Waals surface area contributed by atoms with Crippen LogP contribution in [0.1, 0.15) is 60.3 Å². The molecule has 140 valence electrons. The number of hydrogen-bond acceptors (Lipinski definition) is 9. The molecule has 0 aromatic carbocycles. The Hall–Kier alpha value is -1.28. The molecule has 0 rings (SSSR count). The fraction of sp³-hybridized carbons (Fsp3) is 0.714. The first-order valence-corrected chi connectivity index (χ1v) is 6.90. The van der Waals surface area contributed by atoms with E-state index in [1.54, 1.807) is 6.92 Å². The fourth-order valence-corrected chi connectivity index (χ4v) is 0. The molecule has 0 atom stereocenters. The summed E-state index contributed by atoms with van der Waals surface area (Å²) >= 11 is 0. The van der Waals surface area contributed by atoms with Crippen molar-refractivity contribution < 1.29 is 70.9 Å². The van der Waals surface area contributed by atoms with Gasteiger partial charge in [0.05, 0.1) is 0 Å². The molecular weight excluding hydrogens is 403 g/mol. The number of carboxylic acid groups (broad SMARTS) is 4. The SMILES string of the molecule is CCC(=O)[O-].CCC(=O)[O-].CCC(=O)[O-].CCC(=O)[O-].CCO.[Zr+4]. The fourth-order valence-electron chi connectivity index (χ4n) is 0. The van der Waals surface area contributed by atoms with Gasteiger partial charge in [0.2, 0.25) is 0 Å². The number of carboxylic acids is 4. The quantitative estimate of drug-likeness (QED) is 0.476. The summed E-state index contributed by atoms with van der Waals surface area (Å²) in [6.45, 7) is 8.08. The second kappa shape index (κ2) is 37.7. The Morgan fingerprint density at radius 3 is 0.625 bits per heavy atom. The van der Waals surface area contributed by atoms with Crippen LogP contribution in [0.5, 0.6) is 0 Å². The van der Waals surface area contributed by atoms with Crippen LogP contribution < -0.4 is 20.4 Å². The van der Waals surface area contributed by atoms with E-state index in [-0.39, 0.29) is 58.5 Å². The van der Waals surface area contributed by atoms with Crippen LogP contribution in [-0.4, -0.2) is 35.6 Å². The third-order valence-corrected chi connectivity index (χ3v) is 1.15. The molecule has 0 saturated heterocycles. The molecule has 9 nitrogen and oxygen atoms in total. The minimum atomic E-state index is -0.995. The predicted octanol–water partition coefficient (Wildman–Crippen LogP) is -3.42. The van der Waals surface area contributed by atoms with E-state index in [0.717, 1.165) is 0 Å². The molecule has 0 saturated carbocycles. The van der Waals surface area contributed by atoms with Crippen LogP contribution in [0.25, 0.3) is 0 Å². The third kappa shape index (κ3) is 178. The maximum atomic E-state index is 9.26. The minimum Gasteiger partial charge on any atom is -0.550 e. The molecule has 0 fully saturated rings. The minimum absolute atomic E-state index is 0. The Kier molecular flexibility index (Phi) is 60.3. The van der Waals surface area contributed by atoms with Gasteiger partial charge in [0, 0.05) is 30.5 Å². The normalized spacial score (nSPS) is 6.92. The number of aliphatic hydroxyl groups is 1. The summed E-state index contributed by atoms with van der Waals surface area (Å²) in [6.07, 6.45) is 0.444. The number of carbonyl (C=O) groups is 4. The van der Waals surface area contributed by atoms with E-state index in [0.29, 0.717) is 0 Å². The summed E-state index contributed by atoms with van der Waals surface area (Å²) in [6, 6.07) is 0. The zero-order valence-corrected chi connectivity index (χ0v) is 17.2. The number of aliphatic hydroxyl groups excluding tert-OH is 1. The molecular formula is C14H26O9Zr. The summed E-state index contributed by atoms with van der Waals surface area (Å²) in [7, 11) is 0. The van der Waals surface area contributed by atoms with E-state index < -0.39 is 23.9 Å². The Balaban J connectivity index is -0.0000000422. The van der Waals surface area contributed by atoms with Gasteiger partial charge in [0.15, 0.2) is 0 Å². The van der Waals surface area contributed by atoms with Gasteiger partial charge in [0.25, 0.3) is 0 Å². The van der Waals surface area contributed by atoms with Gasteiger partial charge in [0.1, 0.15) is 0 Å². The molecule has 0 aromatic rings. The Morgan fingerprint density at radius 2 is 0.625 bits per heavy atom. The monoisotopic (exact) mass is 428 g/mol. The Labute approximate surface area is 161 Å².